The molecule has 0 unspecified atom stereocenters. The second kappa shape index (κ2) is 5.63. The van der Waals surface area contributed by atoms with Gasteiger partial charge in [-0.15, -0.1) is 0 Å². The lowest BCUT2D eigenvalue weighted by molar-refractivity contribution is -0.385. The minimum atomic E-state index is -0.717. The van der Waals surface area contributed by atoms with E-state index in [0.29, 0.717) is 5.76 Å². The summed E-state index contributed by atoms with van der Waals surface area (Å²) in [7, 11) is 0. The fourth-order valence-corrected chi connectivity index (χ4v) is 1.37. The largest absolute Gasteiger partial charge is 0.465 e. The van der Waals surface area contributed by atoms with Crippen molar-refractivity contribution in [1.82, 2.24) is 0 Å². The predicted octanol–water partition coefficient (Wildman–Crippen LogP) is 2.81. The van der Waals surface area contributed by atoms with Gasteiger partial charge in [-0.05, 0) is 24.3 Å². The summed E-state index contributed by atoms with van der Waals surface area (Å²) in [6.45, 7) is 0. The van der Waals surface area contributed by atoms with Gasteiger partial charge in [0.2, 0.25) is 5.75 Å². The van der Waals surface area contributed by atoms with Crippen LogP contribution in [0.5, 0.6) is 5.75 Å². The molecular formula is C13H9NO5. The third-order valence-electron chi connectivity index (χ3n) is 2.20. The van der Waals surface area contributed by atoms with Crippen molar-refractivity contribution in [3.63, 3.8) is 0 Å². The van der Waals surface area contributed by atoms with Crippen LogP contribution in [0.1, 0.15) is 5.76 Å². The average molecular weight is 259 g/mol. The molecule has 0 fully saturated rings. The molecule has 0 saturated carbocycles. The first-order valence-electron chi connectivity index (χ1n) is 5.33. The van der Waals surface area contributed by atoms with Crippen LogP contribution in [0.2, 0.25) is 0 Å². The van der Waals surface area contributed by atoms with Crippen molar-refractivity contribution in [2.24, 2.45) is 0 Å². The van der Waals surface area contributed by atoms with Gasteiger partial charge in [0.25, 0.3) is 0 Å². The molecule has 19 heavy (non-hydrogen) atoms. The standard InChI is InChI=1S/C13H9NO5/c15-13(8-7-10-4-3-9-18-10)19-12-6-2-1-5-11(12)14(16)17/h1-9H/b8-7+. The number of carbonyl (C=O) groups excluding carboxylic acids is 1. The Kier molecular flexibility index (Phi) is 3.72. The number of rotatable bonds is 4. The number of esters is 1. The van der Waals surface area contributed by atoms with E-state index in [2.05, 4.69) is 0 Å². The molecule has 0 aliphatic rings. The SMILES string of the molecule is O=C(/C=C/c1ccco1)Oc1ccccc1[N+](=O)[O-]. The van der Waals surface area contributed by atoms with Crippen LogP contribution in [-0.4, -0.2) is 10.9 Å². The van der Waals surface area contributed by atoms with Gasteiger partial charge in [-0.2, -0.15) is 0 Å². The molecule has 0 N–H and O–H groups in total. The van der Waals surface area contributed by atoms with Crippen LogP contribution in [0, 0.1) is 10.1 Å². The minimum absolute atomic E-state index is 0.0957. The molecule has 0 saturated heterocycles. The number of nitro benzene ring substituents is 1. The summed E-state index contributed by atoms with van der Waals surface area (Å²) in [6.07, 6.45) is 4.01. The smallest absolute Gasteiger partial charge is 0.336 e. The van der Waals surface area contributed by atoms with Crippen LogP contribution in [0.15, 0.2) is 53.2 Å². The van der Waals surface area contributed by atoms with E-state index < -0.39 is 10.9 Å². The van der Waals surface area contributed by atoms with Gasteiger partial charge < -0.3 is 9.15 Å². The number of benzene rings is 1. The van der Waals surface area contributed by atoms with Crippen molar-refractivity contribution in [2.45, 2.75) is 0 Å². The van der Waals surface area contributed by atoms with Gasteiger partial charge in [-0.1, -0.05) is 12.1 Å². The molecule has 0 amide bonds. The molecule has 6 nitrogen and oxygen atoms in total. The summed E-state index contributed by atoms with van der Waals surface area (Å²) in [6, 6.07) is 9.00. The maximum absolute atomic E-state index is 11.5. The van der Waals surface area contributed by atoms with Crippen molar-refractivity contribution in [2.75, 3.05) is 0 Å². The van der Waals surface area contributed by atoms with Gasteiger partial charge in [0.1, 0.15) is 5.76 Å². The maximum atomic E-state index is 11.5. The van der Waals surface area contributed by atoms with Gasteiger partial charge >= 0.3 is 11.7 Å². The molecule has 0 aliphatic heterocycles. The minimum Gasteiger partial charge on any atom is -0.465 e. The van der Waals surface area contributed by atoms with E-state index in [1.54, 1.807) is 18.2 Å². The summed E-state index contributed by atoms with van der Waals surface area (Å²) in [5.74, 6) is -0.327. The Bertz CT molecular complexity index is 616. The molecule has 2 aromatic rings. The molecule has 96 valence electrons. The Morgan fingerprint density at radius 2 is 2.05 bits per heavy atom. The van der Waals surface area contributed by atoms with Crippen LogP contribution in [0.3, 0.4) is 0 Å². The number of para-hydroxylation sites is 2. The average Bonchev–Trinajstić information content (AvgIpc) is 2.90. The Hall–Kier alpha value is -2.89. The van der Waals surface area contributed by atoms with Crippen molar-refractivity contribution in [3.8, 4) is 5.75 Å². The fraction of sp³-hybridized carbons (Fsp3) is 0. The topological polar surface area (TPSA) is 82.6 Å². The molecule has 0 bridgehead atoms. The summed E-state index contributed by atoms with van der Waals surface area (Å²) in [5.41, 5.74) is -0.262. The highest BCUT2D eigenvalue weighted by Crippen LogP contribution is 2.25. The van der Waals surface area contributed by atoms with Crippen LogP contribution < -0.4 is 4.74 Å². The number of hydrogen-bond acceptors (Lipinski definition) is 5. The molecule has 1 aromatic heterocycles. The molecule has 0 radical (unpaired) electrons. The molecule has 0 spiro atoms. The molecule has 0 aliphatic carbocycles. The number of furan rings is 1. The Balaban J connectivity index is 2.09. The Labute approximate surface area is 108 Å². The first kappa shape index (κ1) is 12.6. The highest BCUT2D eigenvalue weighted by Gasteiger charge is 2.15. The summed E-state index contributed by atoms with van der Waals surface area (Å²) < 4.78 is 9.89. The van der Waals surface area contributed by atoms with E-state index in [0.717, 1.165) is 6.08 Å². The van der Waals surface area contributed by atoms with E-state index in [1.807, 2.05) is 0 Å². The third kappa shape index (κ3) is 3.29. The van der Waals surface area contributed by atoms with Crippen molar-refractivity contribution in [1.29, 1.82) is 0 Å². The summed E-state index contributed by atoms with van der Waals surface area (Å²) in [5, 5.41) is 10.7. The Morgan fingerprint density at radius 3 is 2.74 bits per heavy atom. The number of carbonyl (C=O) groups is 1. The highest BCUT2D eigenvalue weighted by molar-refractivity contribution is 5.88. The number of nitrogens with zero attached hydrogens (tertiary/aromatic N) is 1. The lowest BCUT2D eigenvalue weighted by Gasteiger charge is -2.01. The van der Waals surface area contributed by atoms with Crippen molar-refractivity contribution < 1.29 is 18.9 Å². The molecule has 6 heteroatoms. The second-order valence-corrected chi connectivity index (χ2v) is 3.49. The normalized spacial score (nSPS) is 10.5. The van der Waals surface area contributed by atoms with Gasteiger partial charge in [0.15, 0.2) is 0 Å². The van der Waals surface area contributed by atoms with Gasteiger partial charge in [0, 0.05) is 12.1 Å². The number of hydrogen-bond donors (Lipinski definition) is 0. The molecule has 0 atom stereocenters. The van der Waals surface area contributed by atoms with Crippen LogP contribution in [-0.2, 0) is 4.79 Å². The molecule has 1 aromatic carbocycles. The highest BCUT2D eigenvalue weighted by atomic mass is 16.6. The van der Waals surface area contributed by atoms with E-state index in [4.69, 9.17) is 9.15 Å². The van der Waals surface area contributed by atoms with Crippen LogP contribution >= 0.6 is 0 Å². The lowest BCUT2D eigenvalue weighted by Crippen LogP contribution is -2.05. The Morgan fingerprint density at radius 1 is 1.26 bits per heavy atom. The first-order valence-corrected chi connectivity index (χ1v) is 5.33. The number of nitro groups is 1. The molecule has 1 heterocycles. The molecular weight excluding hydrogens is 250 g/mol. The van der Waals surface area contributed by atoms with Gasteiger partial charge in [-0.25, -0.2) is 4.79 Å². The summed E-state index contributed by atoms with van der Waals surface area (Å²) in [4.78, 5) is 21.6. The second-order valence-electron chi connectivity index (χ2n) is 3.49. The fourth-order valence-electron chi connectivity index (χ4n) is 1.37. The van der Waals surface area contributed by atoms with Crippen molar-refractivity contribution in [3.05, 3.63) is 64.6 Å². The van der Waals surface area contributed by atoms with Crippen LogP contribution in [0.4, 0.5) is 5.69 Å². The zero-order valence-electron chi connectivity index (χ0n) is 9.68. The first-order chi connectivity index (χ1) is 9.16. The van der Waals surface area contributed by atoms with Crippen molar-refractivity contribution >= 4 is 17.7 Å². The quantitative estimate of drug-likeness (QED) is 0.277. The van der Waals surface area contributed by atoms with Gasteiger partial charge in [0.05, 0.1) is 11.2 Å². The maximum Gasteiger partial charge on any atom is 0.336 e. The lowest BCUT2D eigenvalue weighted by atomic mass is 10.3. The van der Waals surface area contributed by atoms with E-state index in [9.17, 15) is 14.9 Å². The molecule has 2 rings (SSSR count). The zero-order valence-corrected chi connectivity index (χ0v) is 9.68. The van der Waals surface area contributed by atoms with Gasteiger partial charge in [-0.3, -0.25) is 10.1 Å². The van der Waals surface area contributed by atoms with E-state index in [-0.39, 0.29) is 11.4 Å². The monoisotopic (exact) mass is 259 g/mol. The zero-order chi connectivity index (χ0) is 13.7. The predicted molar refractivity (Wildman–Crippen MR) is 66.5 cm³/mol. The van der Waals surface area contributed by atoms with E-state index >= 15 is 0 Å². The summed E-state index contributed by atoms with van der Waals surface area (Å²) >= 11 is 0. The number of ether oxygens (including phenoxy) is 1. The van der Waals surface area contributed by atoms with Crippen LogP contribution in [0.25, 0.3) is 6.08 Å². The van der Waals surface area contributed by atoms with E-state index in [1.165, 1.54) is 30.5 Å². The third-order valence-corrected chi connectivity index (χ3v) is 2.20.